The number of ether oxygens (including phenoxy) is 1. The van der Waals surface area contributed by atoms with Crippen LogP contribution in [0.15, 0.2) is 66.9 Å². The van der Waals surface area contributed by atoms with Crippen molar-refractivity contribution in [3.63, 3.8) is 0 Å². The molecule has 3 amide bonds. The standard InChI is InChI=1S/C43H48F3N9O5/c1-26-22-35(50-42-47-24-32(43(44,45)46)40(52-42)49-33-7-5-4-6-31(33)27(2)56)37(60-3)23-36(26)54-18-20-55(21-19-54)39(58)25-53-16-14-29(15-17-53)28-8-10-30(11-9-28)48-34-12-13-38(57)51-41(34)59/h4-11,22-24,29,34,48H,12-21,25H2,1-3H3,(H,51,57,59)(H2,47,49,50,52). The number of imide groups is 1. The number of carbonyl (C=O) groups is 4. The van der Waals surface area contributed by atoms with Crippen molar-refractivity contribution in [2.75, 3.05) is 73.8 Å². The van der Waals surface area contributed by atoms with Crippen LogP contribution in [-0.2, 0) is 20.6 Å². The molecule has 3 saturated heterocycles. The number of para-hydroxylation sites is 1. The molecule has 3 fully saturated rings. The van der Waals surface area contributed by atoms with Gasteiger partial charge in [0.25, 0.3) is 0 Å². The number of aryl methyl sites for hydroxylation is 1. The highest BCUT2D eigenvalue weighted by molar-refractivity contribution is 6.01. The van der Waals surface area contributed by atoms with Gasteiger partial charge in [-0.25, -0.2) is 4.98 Å². The zero-order valence-corrected chi connectivity index (χ0v) is 33.7. The average molecular weight is 828 g/mol. The van der Waals surface area contributed by atoms with Crippen molar-refractivity contribution < 1.29 is 37.1 Å². The number of benzene rings is 3. The number of piperidine rings is 2. The maximum Gasteiger partial charge on any atom is 0.421 e. The molecule has 17 heteroatoms. The van der Waals surface area contributed by atoms with Crippen molar-refractivity contribution in [2.24, 2.45) is 0 Å². The Balaban J connectivity index is 0.920. The van der Waals surface area contributed by atoms with Crippen LogP contribution in [0.25, 0.3) is 0 Å². The number of carbonyl (C=O) groups excluding carboxylic acids is 4. The molecule has 7 rings (SSSR count). The monoisotopic (exact) mass is 827 g/mol. The molecule has 0 radical (unpaired) electrons. The molecule has 316 valence electrons. The highest BCUT2D eigenvalue weighted by Gasteiger charge is 2.36. The largest absolute Gasteiger partial charge is 0.494 e. The third-order valence-corrected chi connectivity index (χ3v) is 11.3. The predicted molar refractivity (Wildman–Crippen MR) is 221 cm³/mol. The van der Waals surface area contributed by atoms with Crippen LogP contribution in [-0.4, -0.2) is 102 Å². The number of nitrogens with zero attached hydrogens (tertiary/aromatic N) is 5. The number of aromatic nitrogens is 2. The van der Waals surface area contributed by atoms with Crippen LogP contribution in [0.5, 0.6) is 5.75 Å². The first-order valence-corrected chi connectivity index (χ1v) is 20.0. The lowest BCUT2D eigenvalue weighted by Gasteiger charge is -2.38. The Morgan fingerprint density at radius 3 is 2.30 bits per heavy atom. The minimum atomic E-state index is -4.76. The molecule has 4 N–H and O–H groups in total. The Labute approximate surface area is 345 Å². The summed E-state index contributed by atoms with van der Waals surface area (Å²) in [5.74, 6) is -0.565. The molecule has 4 heterocycles. The SMILES string of the molecule is COc1cc(N2CCN(C(=O)CN3CCC(c4ccc(NC5CCC(=O)NC5=O)cc4)CC3)CC2)c(C)cc1Nc1ncc(C(F)(F)F)c(Nc2ccccc2C(C)=O)n1. The minimum Gasteiger partial charge on any atom is -0.494 e. The van der Waals surface area contributed by atoms with E-state index in [-0.39, 0.29) is 40.7 Å². The van der Waals surface area contributed by atoms with E-state index in [1.807, 2.05) is 36.1 Å². The second kappa shape index (κ2) is 17.9. The zero-order chi connectivity index (χ0) is 42.6. The van der Waals surface area contributed by atoms with Crippen molar-refractivity contribution in [1.82, 2.24) is 25.1 Å². The molecule has 4 aromatic rings. The van der Waals surface area contributed by atoms with Crippen molar-refractivity contribution in [3.05, 3.63) is 89.1 Å². The van der Waals surface area contributed by atoms with Crippen LogP contribution in [0, 0.1) is 6.92 Å². The Hall–Kier alpha value is -6.23. The summed E-state index contributed by atoms with van der Waals surface area (Å²) < 4.78 is 47.7. The maximum atomic E-state index is 14.0. The molecule has 1 unspecified atom stereocenters. The number of Topliss-reactive ketones (excluding diaryl/α,β-unsaturated/α-hetero) is 1. The van der Waals surface area contributed by atoms with Crippen molar-refractivity contribution in [2.45, 2.75) is 57.7 Å². The summed E-state index contributed by atoms with van der Waals surface area (Å²) in [6, 6.07) is 17.6. The number of likely N-dealkylation sites (tertiary alicyclic amines) is 1. The van der Waals surface area contributed by atoms with E-state index in [1.54, 1.807) is 12.1 Å². The molecule has 60 heavy (non-hydrogen) atoms. The molecular formula is C43H48F3N9O5. The normalized spacial score (nSPS) is 17.9. The number of anilines is 6. The van der Waals surface area contributed by atoms with Gasteiger partial charge in [-0.2, -0.15) is 18.2 Å². The summed E-state index contributed by atoms with van der Waals surface area (Å²) in [7, 11) is 1.50. The number of ketones is 1. The third-order valence-electron chi connectivity index (χ3n) is 11.3. The number of halogens is 3. The van der Waals surface area contributed by atoms with Gasteiger partial charge < -0.3 is 30.5 Å². The molecule has 1 atom stereocenters. The van der Waals surface area contributed by atoms with E-state index >= 15 is 0 Å². The van der Waals surface area contributed by atoms with E-state index in [2.05, 4.69) is 53.2 Å². The number of methoxy groups -OCH3 is 1. The second-order valence-corrected chi connectivity index (χ2v) is 15.3. The smallest absolute Gasteiger partial charge is 0.421 e. The highest BCUT2D eigenvalue weighted by Crippen LogP contribution is 2.38. The first-order chi connectivity index (χ1) is 28.7. The number of nitrogens with one attached hydrogen (secondary N) is 4. The van der Waals surface area contributed by atoms with E-state index in [4.69, 9.17) is 4.74 Å². The molecule has 3 aromatic carbocycles. The van der Waals surface area contributed by atoms with Crippen LogP contribution >= 0.6 is 0 Å². The molecular weight excluding hydrogens is 780 g/mol. The van der Waals surface area contributed by atoms with Crippen LogP contribution in [0.1, 0.15) is 65.6 Å². The minimum absolute atomic E-state index is 0.0982. The lowest BCUT2D eigenvalue weighted by Crippen LogP contribution is -2.52. The van der Waals surface area contributed by atoms with Gasteiger partial charge in [-0.05, 0) is 93.6 Å². The molecule has 3 aliphatic heterocycles. The summed E-state index contributed by atoms with van der Waals surface area (Å²) in [6.45, 7) is 7.57. The molecule has 1 aromatic heterocycles. The van der Waals surface area contributed by atoms with Crippen LogP contribution < -0.4 is 30.9 Å². The van der Waals surface area contributed by atoms with Crippen molar-refractivity contribution in [1.29, 1.82) is 0 Å². The van der Waals surface area contributed by atoms with Gasteiger partial charge in [0.1, 0.15) is 23.2 Å². The topological polar surface area (TPSA) is 161 Å². The van der Waals surface area contributed by atoms with Gasteiger partial charge in [0.15, 0.2) is 5.78 Å². The lowest BCUT2D eigenvalue weighted by atomic mass is 9.89. The van der Waals surface area contributed by atoms with E-state index in [0.29, 0.717) is 69.1 Å². The van der Waals surface area contributed by atoms with Crippen LogP contribution in [0.4, 0.5) is 47.7 Å². The number of alkyl halides is 3. The summed E-state index contributed by atoms with van der Waals surface area (Å²) in [4.78, 5) is 63.6. The molecule has 14 nitrogen and oxygen atoms in total. The summed E-state index contributed by atoms with van der Waals surface area (Å²) in [5.41, 5.74) is 3.61. The van der Waals surface area contributed by atoms with Gasteiger partial charge in [0.2, 0.25) is 23.7 Å². The molecule has 3 aliphatic rings. The quantitative estimate of drug-likeness (QED) is 0.0941. The fourth-order valence-electron chi connectivity index (χ4n) is 7.97. The first kappa shape index (κ1) is 41.9. The van der Waals surface area contributed by atoms with E-state index in [9.17, 15) is 32.3 Å². The fourth-order valence-corrected chi connectivity index (χ4v) is 7.97. The van der Waals surface area contributed by atoms with Crippen LogP contribution in [0.3, 0.4) is 0 Å². The molecule has 0 spiro atoms. The number of piperazine rings is 1. The van der Waals surface area contributed by atoms with Crippen molar-refractivity contribution in [3.8, 4) is 5.75 Å². The number of hydrogen-bond donors (Lipinski definition) is 4. The predicted octanol–water partition coefficient (Wildman–Crippen LogP) is 6.25. The van der Waals surface area contributed by atoms with Crippen LogP contribution in [0.2, 0.25) is 0 Å². The number of amides is 3. The van der Waals surface area contributed by atoms with Crippen molar-refractivity contribution >= 4 is 58.0 Å². The second-order valence-electron chi connectivity index (χ2n) is 15.3. The maximum absolute atomic E-state index is 14.0. The molecule has 0 bridgehead atoms. The van der Waals surface area contributed by atoms with Gasteiger partial charge in [0.05, 0.1) is 25.0 Å². The molecule has 0 aliphatic carbocycles. The Bertz CT molecular complexity index is 2240. The number of hydrogen-bond acceptors (Lipinski definition) is 12. The average Bonchev–Trinajstić information content (AvgIpc) is 3.22. The van der Waals surface area contributed by atoms with Gasteiger partial charge in [-0.1, -0.05) is 24.3 Å². The van der Waals surface area contributed by atoms with E-state index in [0.717, 1.165) is 42.9 Å². The first-order valence-electron chi connectivity index (χ1n) is 20.0. The van der Waals surface area contributed by atoms with Gasteiger partial charge >= 0.3 is 6.18 Å². The molecule has 0 saturated carbocycles. The highest BCUT2D eigenvalue weighted by atomic mass is 19.4. The Morgan fingerprint density at radius 2 is 1.63 bits per heavy atom. The summed E-state index contributed by atoms with van der Waals surface area (Å²) >= 11 is 0. The third kappa shape index (κ3) is 9.79. The van der Waals surface area contributed by atoms with Gasteiger partial charge in [-0.3, -0.25) is 29.4 Å². The van der Waals surface area contributed by atoms with Gasteiger partial charge in [-0.15, -0.1) is 0 Å². The summed E-state index contributed by atoms with van der Waals surface area (Å²) in [5, 5.41) is 11.3. The number of rotatable bonds is 12. The lowest BCUT2D eigenvalue weighted by molar-refractivity contribution is -0.137. The fraction of sp³-hybridized carbons (Fsp3) is 0.395. The summed E-state index contributed by atoms with van der Waals surface area (Å²) in [6.07, 6.45) is -1.40. The van der Waals surface area contributed by atoms with E-state index in [1.165, 1.54) is 31.7 Å². The Morgan fingerprint density at radius 1 is 0.917 bits per heavy atom. The van der Waals surface area contributed by atoms with E-state index < -0.39 is 23.6 Å². The Kier molecular flexibility index (Phi) is 12.5. The van der Waals surface area contributed by atoms with Gasteiger partial charge in [0, 0.05) is 61.8 Å². The zero-order valence-electron chi connectivity index (χ0n) is 33.7.